The Kier molecular flexibility index (Phi) is 4.00. The number of rotatable bonds is 2. The van der Waals surface area contributed by atoms with Crippen molar-refractivity contribution >= 4 is 39.2 Å². The number of halogens is 3. The molecule has 0 amide bonds. The number of aromatic amines is 1. The molecule has 148 valence electrons. The minimum atomic E-state index is -0.629. The molecule has 5 nitrogen and oxygen atoms in total. The smallest absolute Gasteiger partial charge is 0.162 e. The molecule has 4 aromatic rings. The Morgan fingerprint density at radius 1 is 1.21 bits per heavy atom. The monoisotopic (exact) mass is 505 g/mol. The predicted octanol–water partition coefficient (Wildman–Crippen LogP) is 5.52. The second-order valence-corrected chi connectivity index (χ2v) is 8.85. The Labute approximate surface area is 179 Å². The Morgan fingerprint density at radius 2 is 2.00 bits per heavy atom. The predicted molar refractivity (Wildman–Crippen MR) is 117 cm³/mol. The van der Waals surface area contributed by atoms with Crippen LogP contribution in [-0.4, -0.2) is 19.7 Å². The van der Waals surface area contributed by atoms with E-state index in [1.165, 1.54) is 6.07 Å². The van der Waals surface area contributed by atoms with Crippen LogP contribution < -0.4 is 5.32 Å². The lowest BCUT2D eigenvalue weighted by Gasteiger charge is -2.34. The van der Waals surface area contributed by atoms with Crippen LogP contribution in [0.15, 0.2) is 30.5 Å². The van der Waals surface area contributed by atoms with E-state index in [0.29, 0.717) is 34.8 Å². The molecule has 1 aliphatic heterocycles. The summed E-state index contributed by atoms with van der Waals surface area (Å²) in [5.41, 5.74) is 1.18. The number of H-pyrrole nitrogens is 1. The van der Waals surface area contributed by atoms with Gasteiger partial charge >= 0.3 is 0 Å². The van der Waals surface area contributed by atoms with Gasteiger partial charge in [-0.05, 0) is 36.4 Å². The SMILES string of the molecule is CCc1nnc2n1-c1c(cc(F)c(-c3cccc4c(I)c[nH]c34)c1F)NC2(C)C. The van der Waals surface area contributed by atoms with Crippen LogP contribution in [0.5, 0.6) is 0 Å². The molecule has 2 N–H and O–H groups in total. The molecule has 0 fully saturated rings. The average molecular weight is 505 g/mol. The quantitative estimate of drug-likeness (QED) is 0.353. The molecular weight excluding hydrogens is 487 g/mol. The summed E-state index contributed by atoms with van der Waals surface area (Å²) in [6, 6.07) is 6.85. The van der Waals surface area contributed by atoms with E-state index in [-0.39, 0.29) is 11.3 Å². The number of anilines is 1. The zero-order valence-corrected chi connectivity index (χ0v) is 18.2. The Hall–Kier alpha value is -2.49. The summed E-state index contributed by atoms with van der Waals surface area (Å²) in [4.78, 5) is 3.15. The van der Waals surface area contributed by atoms with Gasteiger partial charge in [0.05, 0.1) is 22.3 Å². The van der Waals surface area contributed by atoms with Gasteiger partial charge in [-0.25, -0.2) is 8.78 Å². The molecule has 2 aromatic heterocycles. The van der Waals surface area contributed by atoms with Crippen molar-refractivity contribution in [3.8, 4) is 16.8 Å². The summed E-state index contributed by atoms with van der Waals surface area (Å²) in [5, 5.41) is 12.7. The van der Waals surface area contributed by atoms with Gasteiger partial charge in [-0.2, -0.15) is 0 Å². The maximum absolute atomic E-state index is 16.0. The van der Waals surface area contributed by atoms with Gasteiger partial charge in [-0.3, -0.25) is 4.57 Å². The molecule has 0 saturated heterocycles. The molecule has 0 atom stereocenters. The first-order valence-corrected chi connectivity index (χ1v) is 10.4. The zero-order chi connectivity index (χ0) is 20.5. The molecule has 0 saturated carbocycles. The number of nitrogens with zero attached hydrogens (tertiary/aromatic N) is 3. The molecule has 0 unspecified atom stereocenters. The summed E-state index contributed by atoms with van der Waals surface area (Å²) in [6.45, 7) is 5.78. The van der Waals surface area contributed by atoms with Crippen LogP contribution in [0.4, 0.5) is 14.5 Å². The lowest BCUT2D eigenvalue weighted by atomic mass is 9.96. The van der Waals surface area contributed by atoms with Crippen LogP contribution in [0.1, 0.15) is 32.4 Å². The van der Waals surface area contributed by atoms with Crippen molar-refractivity contribution in [3.05, 3.63) is 57.3 Å². The molecule has 1 aliphatic rings. The lowest BCUT2D eigenvalue weighted by molar-refractivity contribution is 0.516. The number of hydrogen-bond donors (Lipinski definition) is 2. The van der Waals surface area contributed by atoms with E-state index in [1.54, 1.807) is 10.6 Å². The molecule has 8 heteroatoms. The van der Waals surface area contributed by atoms with Crippen LogP contribution in [-0.2, 0) is 12.0 Å². The van der Waals surface area contributed by atoms with Crippen LogP contribution in [0.2, 0.25) is 0 Å². The maximum atomic E-state index is 16.0. The molecular formula is C21H18F2IN5. The number of hydrogen-bond acceptors (Lipinski definition) is 3. The number of nitrogens with one attached hydrogen (secondary N) is 2. The first kappa shape index (κ1) is 18.5. The van der Waals surface area contributed by atoms with Crippen molar-refractivity contribution in [2.75, 3.05) is 5.32 Å². The standard InChI is InChI=1S/C21H18F2IN5/c1-4-15-27-28-20-21(2,3)26-14-8-12(22)16(17(23)19(14)29(15)20)11-7-5-6-10-13(24)9-25-18(10)11/h5-9,25-26H,4H2,1-3H3. The summed E-state index contributed by atoms with van der Waals surface area (Å²) in [7, 11) is 0. The van der Waals surface area contributed by atoms with Crippen molar-refractivity contribution < 1.29 is 8.78 Å². The number of aromatic nitrogens is 4. The number of fused-ring (bicyclic) bond motifs is 4. The van der Waals surface area contributed by atoms with Crippen molar-refractivity contribution in [3.63, 3.8) is 0 Å². The second-order valence-electron chi connectivity index (χ2n) is 7.69. The maximum Gasteiger partial charge on any atom is 0.162 e. The fourth-order valence-electron chi connectivity index (χ4n) is 4.08. The number of para-hydroxylation sites is 1. The first-order valence-electron chi connectivity index (χ1n) is 9.34. The normalized spacial score (nSPS) is 14.6. The van der Waals surface area contributed by atoms with Gasteiger partial charge in [0, 0.05) is 33.2 Å². The zero-order valence-electron chi connectivity index (χ0n) is 16.1. The highest BCUT2D eigenvalue weighted by atomic mass is 127. The van der Waals surface area contributed by atoms with Gasteiger partial charge in [-0.15, -0.1) is 10.2 Å². The van der Waals surface area contributed by atoms with Gasteiger partial charge in [0.1, 0.15) is 17.3 Å². The third-order valence-electron chi connectivity index (χ3n) is 5.40. The van der Waals surface area contributed by atoms with Crippen LogP contribution in [0.25, 0.3) is 27.7 Å². The Bertz CT molecular complexity index is 1290. The summed E-state index contributed by atoms with van der Waals surface area (Å²) in [5.74, 6) is -0.00191. The highest BCUT2D eigenvalue weighted by molar-refractivity contribution is 14.1. The van der Waals surface area contributed by atoms with Crippen LogP contribution >= 0.6 is 22.6 Å². The van der Waals surface area contributed by atoms with E-state index in [0.717, 1.165) is 8.96 Å². The molecule has 29 heavy (non-hydrogen) atoms. The summed E-state index contributed by atoms with van der Waals surface area (Å²) >= 11 is 2.20. The third kappa shape index (κ3) is 2.54. The number of aryl methyl sites for hydroxylation is 1. The minimum Gasteiger partial charge on any atom is -0.371 e. The summed E-state index contributed by atoms with van der Waals surface area (Å²) < 4.78 is 34.0. The van der Waals surface area contributed by atoms with E-state index >= 15 is 8.78 Å². The largest absolute Gasteiger partial charge is 0.371 e. The van der Waals surface area contributed by atoms with Gasteiger partial charge in [-0.1, -0.05) is 25.1 Å². The van der Waals surface area contributed by atoms with E-state index in [2.05, 4.69) is 43.1 Å². The van der Waals surface area contributed by atoms with E-state index < -0.39 is 17.2 Å². The van der Waals surface area contributed by atoms with E-state index in [9.17, 15) is 0 Å². The van der Waals surface area contributed by atoms with Crippen molar-refractivity contribution in [1.29, 1.82) is 0 Å². The van der Waals surface area contributed by atoms with E-state index in [1.807, 2.05) is 39.1 Å². The van der Waals surface area contributed by atoms with Crippen LogP contribution in [0.3, 0.4) is 0 Å². The van der Waals surface area contributed by atoms with Crippen LogP contribution in [0, 0.1) is 15.2 Å². The Morgan fingerprint density at radius 3 is 2.76 bits per heavy atom. The first-order chi connectivity index (χ1) is 13.8. The molecule has 0 aliphatic carbocycles. The highest BCUT2D eigenvalue weighted by Crippen LogP contribution is 2.43. The van der Waals surface area contributed by atoms with Crippen molar-refractivity contribution in [2.24, 2.45) is 0 Å². The van der Waals surface area contributed by atoms with Gasteiger partial charge in [0.15, 0.2) is 11.6 Å². The fraction of sp³-hybridized carbons (Fsp3) is 0.238. The minimum absolute atomic E-state index is 0.0594. The molecule has 2 aromatic carbocycles. The number of benzene rings is 2. The molecule has 5 rings (SSSR count). The topological polar surface area (TPSA) is 58.5 Å². The lowest BCUT2D eigenvalue weighted by Crippen LogP contribution is -2.36. The molecule has 0 bridgehead atoms. The second kappa shape index (κ2) is 6.25. The van der Waals surface area contributed by atoms with Gasteiger partial charge in [0.25, 0.3) is 0 Å². The third-order valence-corrected chi connectivity index (χ3v) is 6.30. The Balaban J connectivity index is 1.86. The van der Waals surface area contributed by atoms with Gasteiger partial charge < -0.3 is 10.3 Å². The molecule has 0 radical (unpaired) electrons. The van der Waals surface area contributed by atoms with Crippen molar-refractivity contribution in [2.45, 2.75) is 32.7 Å². The fourth-order valence-corrected chi connectivity index (χ4v) is 4.68. The highest BCUT2D eigenvalue weighted by Gasteiger charge is 2.37. The molecule has 0 spiro atoms. The molecule has 3 heterocycles. The van der Waals surface area contributed by atoms with Gasteiger partial charge in [0.2, 0.25) is 0 Å². The summed E-state index contributed by atoms with van der Waals surface area (Å²) in [6.07, 6.45) is 2.42. The van der Waals surface area contributed by atoms with Crippen molar-refractivity contribution in [1.82, 2.24) is 19.7 Å². The average Bonchev–Trinajstić information content (AvgIpc) is 3.26. The van der Waals surface area contributed by atoms with E-state index in [4.69, 9.17) is 0 Å².